The first-order chi connectivity index (χ1) is 14.6. The number of halogens is 1. The van der Waals surface area contributed by atoms with Gasteiger partial charge in [0.15, 0.2) is 5.65 Å². The summed E-state index contributed by atoms with van der Waals surface area (Å²) in [6, 6.07) is 15.2. The minimum Gasteiger partial charge on any atom is -0.384 e. The molecule has 0 saturated heterocycles. The average molecular weight is 417 g/mol. The standard InChI is InChI=1S/C20H13ClN8O/c1-28-13-8-3-2-7-12(13)23-19(28)14-15-20(25-18-17(24-15)26-30-27-18)29(16(14)22)11-6-4-5-10(21)9-11/h2-9H,22H2,1H3. The lowest BCUT2D eigenvalue weighted by Crippen LogP contribution is -2.02. The summed E-state index contributed by atoms with van der Waals surface area (Å²) in [5.41, 5.74) is 11.6. The van der Waals surface area contributed by atoms with E-state index in [0.717, 1.165) is 16.7 Å². The van der Waals surface area contributed by atoms with E-state index in [0.29, 0.717) is 44.7 Å². The molecule has 4 aromatic heterocycles. The molecule has 0 amide bonds. The van der Waals surface area contributed by atoms with Gasteiger partial charge in [-0.1, -0.05) is 29.8 Å². The van der Waals surface area contributed by atoms with Crippen LogP contribution in [0.5, 0.6) is 0 Å². The molecule has 2 N–H and O–H groups in total. The maximum Gasteiger partial charge on any atom is 0.245 e. The van der Waals surface area contributed by atoms with Gasteiger partial charge in [0, 0.05) is 12.1 Å². The van der Waals surface area contributed by atoms with Crippen molar-refractivity contribution in [2.45, 2.75) is 0 Å². The number of anilines is 1. The van der Waals surface area contributed by atoms with E-state index in [2.05, 4.69) is 20.3 Å². The number of rotatable bonds is 2. The molecule has 0 unspecified atom stereocenters. The van der Waals surface area contributed by atoms with Crippen LogP contribution < -0.4 is 5.73 Å². The molecular formula is C20H13ClN8O. The third kappa shape index (κ3) is 2.26. The van der Waals surface area contributed by atoms with Gasteiger partial charge in [-0.2, -0.15) is 0 Å². The third-order valence-electron chi connectivity index (χ3n) is 5.12. The minimum atomic E-state index is 0.292. The Morgan fingerprint density at radius 1 is 0.967 bits per heavy atom. The quantitative estimate of drug-likeness (QED) is 0.457. The van der Waals surface area contributed by atoms with E-state index in [1.807, 2.05) is 54.1 Å². The number of nitrogens with zero attached hydrogens (tertiary/aromatic N) is 7. The highest BCUT2D eigenvalue weighted by atomic mass is 35.5. The minimum absolute atomic E-state index is 0.292. The molecule has 4 heterocycles. The first-order valence-corrected chi connectivity index (χ1v) is 9.47. The van der Waals surface area contributed by atoms with Crippen molar-refractivity contribution in [3.05, 3.63) is 53.6 Å². The molecule has 0 saturated carbocycles. The third-order valence-corrected chi connectivity index (χ3v) is 5.35. The van der Waals surface area contributed by atoms with Gasteiger partial charge < -0.3 is 10.3 Å². The van der Waals surface area contributed by atoms with Crippen LogP contribution in [0.25, 0.3) is 50.6 Å². The smallest absolute Gasteiger partial charge is 0.245 e. The molecule has 0 aliphatic heterocycles. The number of para-hydroxylation sites is 2. The Morgan fingerprint density at radius 2 is 1.77 bits per heavy atom. The van der Waals surface area contributed by atoms with Gasteiger partial charge in [-0.05, 0) is 40.6 Å². The van der Waals surface area contributed by atoms with E-state index in [4.69, 9.17) is 26.9 Å². The van der Waals surface area contributed by atoms with Crippen molar-refractivity contribution >= 4 is 50.9 Å². The summed E-state index contributed by atoms with van der Waals surface area (Å²) in [5.74, 6) is 1.11. The van der Waals surface area contributed by atoms with E-state index in [1.54, 1.807) is 10.6 Å². The molecule has 0 radical (unpaired) electrons. The maximum atomic E-state index is 6.67. The van der Waals surface area contributed by atoms with E-state index in [9.17, 15) is 0 Å². The number of aryl methyl sites for hydroxylation is 1. The second-order valence-corrected chi connectivity index (χ2v) is 7.30. The van der Waals surface area contributed by atoms with Gasteiger partial charge in [0.1, 0.15) is 17.2 Å². The molecule has 0 spiro atoms. The van der Waals surface area contributed by atoms with Gasteiger partial charge >= 0.3 is 0 Å². The topological polar surface area (TPSA) is 113 Å². The van der Waals surface area contributed by atoms with Crippen molar-refractivity contribution in [1.82, 2.24) is 34.4 Å². The van der Waals surface area contributed by atoms with E-state index < -0.39 is 0 Å². The van der Waals surface area contributed by atoms with Gasteiger partial charge in [-0.15, -0.1) is 0 Å². The predicted octanol–water partition coefficient (Wildman–Crippen LogP) is 3.75. The highest BCUT2D eigenvalue weighted by molar-refractivity contribution is 6.30. The second-order valence-electron chi connectivity index (χ2n) is 6.87. The van der Waals surface area contributed by atoms with Gasteiger partial charge in [-0.25, -0.2) is 19.6 Å². The first kappa shape index (κ1) is 16.9. The summed E-state index contributed by atoms with van der Waals surface area (Å²) in [4.78, 5) is 14.0. The fourth-order valence-corrected chi connectivity index (χ4v) is 3.95. The number of fused-ring (bicyclic) bond motifs is 3. The zero-order valence-electron chi connectivity index (χ0n) is 15.6. The van der Waals surface area contributed by atoms with Crippen LogP contribution in [0.1, 0.15) is 0 Å². The van der Waals surface area contributed by atoms with Crippen molar-refractivity contribution in [3.63, 3.8) is 0 Å². The molecule has 10 heteroatoms. The highest BCUT2D eigenvalue weighted by Gasteiger charge is 2.25. The van der Waals surface area contributed by atoms with Gasteiger partial charge in [0.05, 0.1) is 22.3 Å². The lowest BCUT2D eigenvalue weighted by molar-refractivity contribution is 0.314. The number of aromatic nitrogens is 7. The lowest BCUT2D eigenvalue weighted by atomic mass is 10.2. The van der Waals surface area contributed by atoms with Crippen LogP contribution in [0.2, 0.25) is 5.02 Å². The van der Waals surface area contributed by atoms with E-state index in [-0.39, 0.29) is 0 Å². The summed E-state index contributed by atoms with van der Waals surface area (Å²) >= 11 is 6.23. The van der Waals surface area contributed by atoms with Crippen molar-refractivity contribution in [2.24, 2.45) is 7.05 Å². The summed E-state index contributed by atoms with van der Waals surface area (Å²) in [6.07, 6.45) is 0. The van der Waals surface area contributed by atoms with E-state index >= 15 is 0 Å². The highest BCUT2D eigenvalue weighted by Crippen LogP contribution is 2.38. The fourth-order valence-electron chi connectivity index (χ4n) is 3.77. The van der Waals surface area contributed by atoms with Crippen LogP contribution in [-0.4, -0.2) is 34.4 Å². The van der Waals surface area contributed by atoms with Gasteiger partial charge in [-0.3, -0.25) is 4.57 Å². The molecule has 6 aromatic rings. The normalized spacial score (nSPS) is 11.8. The Kier molecular flexibility index (Phi) is 3.39. The zero-order valence-corrected chi connectivity index (χ0v) is 16.4. The summed E-state index contributed by atoms with van der Waals surface area (Å²) in [7, 11) is 1.94. The van der Waals surface area contributed by atoms with Crippen LogP contribution in [0, 0.1) is 0 Å². The molecule has 0 fully saturated rings. The Hall–Kier alpha value is -3.98. The Balaban J connectivity index is 1.77. The number of benzene rings is 2. The summed E-state index contributed by atoms with van der Waals surface area (Å²) in [6.45, 7) is 0. The predicted molar refractivity (Wildman–Crippen MR) is 113 cm³/mol. The number of hydrogen-bond donors (Lipinski definition) is 1. The Bertz CT molecular complexity index is 1600. The molecular weight excluding hydrogens is 404 g/mol. The molecule has 0 aliphatic rings. The lowest BCUT2D eigenvalue weighted by Gasteiger charge is -2.08. The first-order valence-electron chi connectivity index (χ1n) is 9.10. The Morgan fingerprint density at radius 3 is 2.57 bits per heavy atom. The molecule has 0 bridgehead atoms. The number of hydrogen-bond acceptors (Lipinski definition) is 7. The van der Waals surface area contributed by atoms with E-state index in [1.165, 1.54) is 0 Å². The SMILES string of the molecule is Cn1c(-c2c(N)n(-c3cccc(Cl)c3)c3nc4nonc4nc23)nc2ccccc21. The van der Waals surface area contributed by atoms with Gasteiger partial charge in [0.2, 0.25) is 11.3 Å². The Labute approximate surface area is 173 Å². The van der Waals surface area contributed by atoms with Gasteiger partial charge in [0.25, 0.3) is 0 Å². The number of nitrogen functional groups attached to an aromatic ring is 1. The molecule has 0 aliphatic carbocycles. The molecule has 2 aromatic carbocycles. The van der Waals surface area contributed by atoms with Crippen LogP contribution in [0.4, 0.5) is 5.82 Å². The zero-order chi connectivity index (χ0) is 20.4. The van der Waals surface area contributed by atoms with Crippen LogP contribution in [0.3, 0.4) is 0 Å². The fraction of sp³-hybridized carbons (Fsp3) is 0.0500. The molecule has 146 valence electrons. The van der Waals surface area contributed by atoms with Crippen LogP contribution in [-0.2, 0) is 7.05 Å². The monoisotopic (exact) mass is 416 g/mol. The number of imidazole rings is 1. The van der Waals surface area contributed by atoms with Crippen LogP contribution in [0.15, 0.2) is 53.2 Å². The average Bonchev–Trinajstić information content (AvgIpc) is 3.40. The van der Waals surface area contributed by atoms with Crippen molar-refractivity contribution in [3.8, 4) is 17.1 Å². The van der Waals surface area contributed by atoms with Crippen molar-refractivity contribution in [2.75, 3.05) is 5.73 Å². The van der Waals surface area contributed by atoms with Crippen molar-refractivity contribution in [1.29, 1.82) is 0 Å². The van der Waals surface area contributed by atoms with Crippen LogP contribution >= 0.6 is 11.6 Å². The largest absolute Gasteiger partial charge is 0.384 e. The molecule has 0 atom stereocenters. The second kappa shape index (κ2) is 6.01. The molecule has 30 heavy (non-hydrogen) atoms. The summed E-state index contributed by atoms with van der Waals surface area (Å²) in [5, 5.41) is 8.24. The van der Waals surface area contributed by atoms with Crippen molar-refractivity contribution < 1.29 is 4.63 Å². The maximum absolute atomic E-state index is 6.67. The molecule has 6 rings (SSSR count). The summed E-state index contributed by atoms with van der Waals surface area (Å²) < 4.78 is 8.58. The number of nitrogens with two attached hydrogens (primary N) is 1. The molecule has 9 nitrogen and oxygen atoms in total.